The van der Waals surface area contributed by atoms with E-state index in [1.165, 1.54) is 4.90 Å². The van der Waals surface area contributed by atoms with E-state index in [0.29, 0.717) is 6.04 Å². The second-order valence-electron chi connectivity index (χ2n) is 4.38. The highest BCUT2D eigenvalue weighted by Gasteiger charge is 2.05. The van der Waals surface area contributed by atoms with Gasteiger partial charge in [0.1, 0.15) is 0 Å². The summed E-state index contributed by atoms with van der Waals surface area (Å²) in [4.78, 5) is 10.9. The number of nitrogens with one attached hydrogen (secondary N) is 1. The van der Waals surface area contributed by atoms with Crippen LogP contribution >= 0.6 is 11.8 Å². The molecule has 2 heterocycles. The molecule has 0 aromatic carbocycles. The van der Waals surface area contributed by atoms with Gasteiger partial charge in [-0.2, -0.15) is 0 Å². The second kappa shape index (κ2) is 7.26. The lowest BCUT2D eigenvalue weighted by Gasteiger charge is -2.12. The SMILES string of the molecule is CCCNC(C)c1ccc(Sc2ccncc2)cn1. The van der Waals surface area contributed by atoms with Crippen LogP contribution in [0.25, 0.3) is 0 Å². The number of pyridine rings is 2. The van der Waals surface area contributed by atoms with Crippen LogP contribution in [0, 0.1) is 0 Å². The maximum atomic E-state index is 4.53. The van der Waals surface area contributed by atoms with Gasteiger partial charge in [-0.15, -0.1) is 0 Å². The van der Waals surface area contributed by atoms with Crippen LogP contribution in [0.3, 0.4) is 0 Å². The van der Waals surface area contributed by atoms with Gasteiger partial charge in [0, 0.05) is 34.4 Å². The minimum atomic E-state index is 0.305. The highest BCUT2D eigenvalue weighted by Crippen LogP contribution is 2.26. The number of aromatic nitrogens is 2. The van der Waals surface area contributed by atoms with Crippen molar-refractivity contribution in [2.24, 2.45) is 0 Å². The first-order valence-corrected chi connectivity index (χ1v) is 7.38. The summed E-state index contributed by atoms with van der Waals surface area (Å²) < 4.78 is 0. The average molecular weight is 273 g/mol. The molecule has 100 valence electrons. The van der Waals surface area contributed by atoms with Crippen molar-refractivity contribution in [1.29, 1.82) is 0 Å². The summed E-state index contributed by atoms with van der Waals surface area (Å²) in [5.41, 5.74) is 1.09. The summed E-state index contributed by atoms with van der Waals surface area (Å²) in [6.45, 7) is 5.34. The Kier molecular flexibility index (Phi) is 5.36. The van der Waals surface area contributed by atoms with Crippen LogP contribution < -0.4 is 5.32 Å². The molecule has 0 fully saturated rings. The lowest BCUT2D eigenvalue weighted by molar-refractivity contribution is 0.558. The summed E-state index contributed by atoms with van der Waals surface area (Å²) >= 11 is 1.70. The number of rotatable bonds is 6. The van der Waals surface area contributed by atoms with Crippen LogP contribution in [0.2, 0.25) is 0 Å². The average Bonchev–Trinajstić information content (AvgIpc) is 2.46. The summed E-state index contributed by atoms with van der Waals surface area (Å²) in [7, 11) is 0. The zero-order chi connectivity index (χ0) is 13.5. The van der Waals surface area contributed by atoms with E-state index in [1.54, 1.807) is 24.2 Å². The molecule has 2 rings (SSSR count). The van der Waals surface area contributed by atoms with Crippen LogP contribution in [0.4, 0.5) is 0 Å². The molecule has 0 saturated heterocycles. The normalized spacial score (nSPS) is 12.3. The van der Waals surface area contributed by atoms with Gasteiger partial charge < -0.3 is 5.32 Å². The molecule has 2 aromatic heterocycles. The molecule has 1 unspecified atom stereocenters. The van der Waals surface area contributed by atoms with Crippen LogP contribution in [-0.2, 0) is 0 Å². The standard InChI is InChI=1S/C15H19N3S/c1-3-8-17-12(2)15-5-4-14(11-18-15)19-13-6-9-16-10-7-13/h4-7,9-12,17H,3,8H2,1-2H3. The van der Waals surface area contributed by atoms with Crippen molar-refractivity contribution in [3.05, 3.63) is 48.5 Å². The molecule has 19 heavy (non-hydrogen) atoms. The third-order valence-electron chi connectivity index (χ3n) is 2.79. The van der Waals surface area contributed by atoms with Crippen LogP contribution in [0.15, 0.2) is 52.6 Å². The van der Waals surface area contributed by atoms with Gasteiger partial charge >= 0.3 is 0 Å². The minimum absolute atomic E-state index is 0.305. The van der Waals surface area contributed by atoms with Crippen molar-refractivity contribution in [3.8, 4) is 0 Å². The number of hydrogen-bond acceptors (Lipinski definition) is 4. The topological polar surface area (TPSA) is 37.8 Å². The van der Waals surface area contributed by atoms with Crippen LogP contribution in [0.5, 0.6) is 0 Å². The molecular formula is C15H19N3S. The predicted molar refractivity (Wildman–Crippen MR) is 79.3 cm³/mol. The smallest absolute Gasteiger partial charge is 0.0571 e. The molecule has 0 radical (unpaired) electrons. The molecule has 0 aliphatic heterocycles. The fourth-order valence-electron chi connectivity index (χ4n) is 1.72. The Bertz CT molecular complexity index is 485. The van der Waals surface area contributed by atoms with Crippen molar-refractivity contribution < 1.29 is 0 Å². The highest BCUT2D eigenvalue weighted by atomic mass is 32.2. The van der Waals surface area contributed by atoms with E-state index in [4.69, 9.17) is 0 Å². The van der Waals surface area contributed by atoms with Crippen molar-refractivity contribution in [2.75, 3.05) is 6.54 Å². The molecule has 2 aromatic rings. The molecular weight excluding hydrogens is 254 g/mol. The van der Waals surface area contributed by atoms with E-state index in [9.17, 15) is 0 Å². The van der Waals surface area contributed by atoms with Gasteiger partial charge in [-0.3, -0.25) is 9.97 Å². The first kappa shape index (κ1) is 14.0. The second-order valence-corrected chi connectivity index (χ2v) is 5.53. The molecule has 0 bridgehead atoms. The van der Waals surface area contributed by atoms with Gasteiger partial charge in [-0.05, 0) is 44.2 Å². The third-order valence-corrected chi connectivity index (χ3v) is 3.77. The maximum Gasteiger partial charge on any atom is 0.0571 e. The van der Waals surface area contributed by atoms with E-state index in [-0.39, 0.29) is 0 Å². The molecule has 0 aliphatic carbocycles. The van der Waals surface area contributed by atoms with Gasteiger partial charge in [0.05, 0.1) is 5.69 Å². The molecule has 0 saturated carbocycles. The van der Waals surface area contributed by atoms with Gasteiger partial charge in [0.25, 0.3) is 0 Å². The van der Waals surface area contributed by atoms with Crippen molar-refractivity contribution in [1.82, 2.24) is 15.3 Å². The van der Waals surface area contributed by atoms with Crippen molar-refractivity contribution in [3.63, 3.8) is 0 Å². The van der Waals surface area contributed by atoms with Crippen LogP contribution in [-0.4, -0.2) is 16.5 Å². The lowest BCUT2D eigenvalue weighted by atomic mass is 10.2. The first-order valence-electron chi connectivity index (χ1n) is 6.57. The van der Waals surface area contributed by atoms with E-state index in [1.807, 2.05) is 18.3 Å². The van der Waals surface area contributed by atoms with Gasteiger partial charge in [0.2, 0.25) is 0 Å². The van der Waals surface area contributed by atoms with Gasteiger partial charge in [-0.1, -0.05) is 18.7 Å². The summed E-state index contributed by atoms with van der Waals surface area (Å²) in [5.74, 6) is 0. The van der Waals surface area contributed by atoms with E-state index in [0.717, 1.165) is 23.6 Å². The lowest BCUT2D eigenvalue weighted by Crippen LogP contribution is -2.20. The van der Waals surface area contributed by atoms with Crippen molar-refractivity contribution >= 4 is 11.8 Å². The zero-order valence-corrected chi connectivity index (χ0v) is 12.2. The van der Waals surface area contributed by atoms with E-state index >= 15 is 0 Å². The van der Waals surface area contributed by atoms with Crippen LogP contribution in [0.1, 0.15) is 32.0 Å². The predicted octanol–water partition coefficient (Wildman–Crippen LogP) is 3.69. The Labute approximate surface area is 118 Å². The summed E-state index contributed by atoms with van der Waals surface area (Å²) in [6.07, 6.45) is 6.69. The van der Waals surface area contributed by atoms with E-state index in [2.05, 4.69) is 41.3 Å². The Hall–Kier alpha value is -1.39. The molecule has 1 N–H and O–H groups in total. The maximum absolute atomic E-state index is 4.53. The highest BCUT2D eigenvalue weighted by molar-refractivity contribution is 7.99. The van der Waals surface area contributed by atoms with Gasteiger partial charge in [-0.25, -0.2) is 0 Å². The Morgan fingerprint density at radius 3 is 2.58 bits per heavy atom. The molecule has 4 heteroatoms. The molecule has 0 aliphatic rings. The largest absolute Gasteiger partial charge is 0.309 e. The molecule has 0 amide bonds. The van der Waals surface area contributed by atoms with Crippen molar-refractivity contribution in [2.45, 2.75) is 36.1 Å². The number of nitrogens with zero attached hydrogens (tertiary/aromatic N) is 2. The molecule has 1 atom stereocenters. The Balaban J connectivity index is 1.98. The monoisotopic (exact) mass is 273 g/mol. The Morgan fingerprint density at radius 2 is 1.95 bits per heavy atom. The molecule has 0 spiro atoms. The minimum Gasteiger partial charge on any atom is -0.309 e. The third kappa shape index (κ3) is 4.33. The molecule has 3 nitrogen and oxygen atoms in total. The summed E-state index contributed by atoms with van der Waals surface area (Å²) in [6, 6.07) is 8.53. The zero-order valence-electron chi connectivity index (χ0n) is 11.3. The summed E-state index contributed by atoms with van der Waals surface area (Å²) in [5, 5.41) is 3.44. The van der Waals surface area contributed by atoms with E-state index < -0.39 is 0 Å². The fourth-order valence-corrected chi connectivity index (χ4v) is 2.49. The quantitative estimate of drug-likeness (QED) is 0.871. The first-order chi connectivity index (χ1) is 9.29. The fraction of sp³-hybridized carbons (Fsp3) is 0.333. The van der Waals surface area contributed by atoms with Gasteiger partial charge in [0.15, 0.2) is 0 Å². The number of hydrogen-bond donors (Lipinski definition) is 1. The Morgan fingerprint density at radius 1 is 1.16 bits per heavy atom.